The lowest BCUT2D eigenvalue weighted by Gasteiger charge is -2.11. The number of nitrogens with zero attached hydrogens (tertiary/aromatic N) is 2. The van der Waals surface area contributed by atoms with Crippen molar-refractivity contribution >= 4 is 56.5 Å². The van der Waals surface area contributed by atoms with Gasteiger partial charge in [0.25, 0.3) is 5.56 Å². The summed E-state index contributed by atoms with van der Waals surface area (Å²) in [6.07, 6.45) is 0. The maximum Gasteiger partial charge on any atom is 0.272 e. The Morgan fingerprint density at radius 3 is 2.74 bits per heavy atom. The van der Waals surface area contributed by atoms with Gasteiger partial charge in [0.05, 0.1) is 22.0 Å². The smallest absolute Gasteiger partial charge is 0.272 e. The average Bonchev–Trinajstić information content (AvgIpc) is 3.19. The Balaban J connectivity index is 1.62. The third-order valence-corrected chi connectivity index (χ3v) is 6.83. The first-order valence-corrected chi connectivity index (χ1v) is 11.7. The summed E-state index contributed by atoms with van der Waals surface area (Å²) in [7, 11) is 0. The third-order valence-electron chi connectivity index (χ3n) is 4.58. The zero-order valence-electron chi connectivity index (χ0n) is 16.4. The molecule has 31 heavy (non-hydrogen) atoms. The minimum absolute atomic E-state index is 0.0243. The number of fused-ring (bicyclic) bond motifs is 1. The monoisotopic (exact) mass is 473 g/mol. The highest BCUT2D eigenvalue weighted by Crippen LogP contribution is 2.32. The lowest BCUT2D eigenvalue weighted by Crippen LogP contribution is -2.23. The minimum atomic E-state index is -0.480. The Bertz CT molecular complexity index is 1320. The topological polar surface area (TPSA) is 64.0 Å². The molecule has 2 aromatic heterocycles. The number of aromatic nitrogens is 2. The van der Waals surface area contributed by atoms with E-state index in [0.717, 1.165) is 17.2 Å². The number of benzene rings is 2. The fraction of sp³-hybridized carbons (Fsp3) is 0.136. The van der Waals surface area contributed by atoms with Gasteiger partial charge < -0.3 is 5.32 Å². The molecule has 5 nitrogen and oxygen atoms in total. The molecule has 9 heteroatoms. The van der Waals surface area contributed by atoms with E-state index in [9.17, 15) is 14.0 Å². The van der Waals surface area contributed by atoms with Crippen molar-refractivity contribution in [3.05, 3.63) is 75.1 Å². The summed E-state index contributed by atoms with van der Waals surface area (Å²) in [5.74, 6) is -0.785. The van der Waals surface area contributed by atoms with Gasteiger partial charge in [-0.25, -0.2) is 9.37 Å². The summed E-state index contributed by atoms with van der Waals surface area (Å²) in [5, 5.41) is 5.18. The molecule has 0 aliphatic carbocycles. The highest BCUT2D eigenvalue weighted by Gasteiger charge is 2.17. The number of hydrogen-bond acceptors (Lipinski definition) is 5. The summed E-state index contributed by atoms with van der Waals surface area (Å²) >= 11 is 8.51. The third kappa shape index (κ3) is 4.51. The molecule has 0 bridgehead atoms. The van der Waals surface area contributed by atoms with E-state index in [-0.39, 0.29) is 22.2 Å². The number of rotatable bonds is 6. The molecular formula is C22H17ClFN3O2S2. The number of hydrogen-bond donors (Lipinski definition) is 1. The molecule has 2 heterocycles. The van der Waals surface area contributed by atoms with Crippen LogP contribution in [0.2, 0.25) is 5.02 Å². The summed E-state index contributed by atoms with van der Waals surface area (Å²) < 4.78 is 15.3. The Hall–Kier alpha value is -2.68. The lowest BCUT2D eigenvalue weighted by atomic mass is 10.1. The molecule has 2 aromatic carbocycles. The van der Waals surface area contributed by atoms with Gasteiger partial charge in [-0.1, -0.05) is 53.7 Å². The van der Waals surface area contributed by atoms with E-state index >= 15 is 0 Å². The summed E-state index contributed by atoms with van der Waals surface area (Å²) in [4.78, 5) is 30.1. The molecule has 0 radical (unpaired) electrons. The van der Waals surface area contributed by atoms with Crippen molar-refractivity contribution in [1.29, 1.82) is 0 Å². The van der Waals surface area contributed by atoms with Crippen molar-refractivity contribution in [2.24, 2.45) is 0 Å². The van der Waals surface area contributed by atoms with Crippen LogP contribution in [0.3, 0.4) is 0 Å². The van der Waals surface area contributed by atoms with Crippen molar-refractivity contribution in [3.8, 4) is 11.1 Å². The summed E-state index contributed by atoms with van der Waals surface area (Å²) in [6.45, 7) is 2.30. The van der Waals surface area contributed by atoms with Gasteiger partial charge in [0.1, 0.15) is 10.5 Å². The average molecular weight is 474 g/mol. The van der Waals surface area contributed by atoms with Crippen LogP contribution in [0, 0.1) is 5.82 Å². The van der Waals surface area contributed by atoms with Crippen LogP contribution >= 0.6 is 34.7 Å². The molecule has 0 fully saturated rings. The number of anilines is 1. The normalized spacial score (nSPS) is 11.1. The van der Waals surface area contributed by atoms with Crippen LogP contribution in [0.25, 0.3) is 21.3 Å². The molecule has 0 unspecified atom stereocenters. The lowest BCUT2D eigenvalue weighted by molar-refractivity contribution is -0.113. The van der Waals surface area contributed by atoms with Crippen LogP contribution in [-0.2, 0) is 11.3 Å². The number of carbonyl (C=O) groups is 1. The SMILES string of the molecule is CCn1c(SCC(=O)Nc2ccc(F)cc2Cl)nc2c(-c3ccccc3)csc2c1=O. The van der Waals surface area contributed by atoms with Gasteiger partial charge in [-0.2, -0.15) is 0 Å². The van der Waals surface area contributed by atoms with E-state index in [0.29, 0.717) is 27.6 Å². The number of carbonyl (C=O) groups excluding carboxylic acids is 1. The maximum absolute atomic E-state index is 13.2. The van der Waals surface area contributed by atoms with Crippen molar-refractivity contribution in [2.75, 3.05) is 11.1 Å². The van der Waals surface area contributed by atoms with Crippen LogP contribution in [-0.4, -0.2) is 21.2 Å². The van der Waals surface area contributed by atoms with Crippen LogP contribution in [0.15, 0.2) is 63.9 Å². The molecular weight excluding hydrogens is 457 g/mol. The van der Waals surface area contributed by atoms with E-state index in [1.54, 1.807) is 4.57 Å². The van der Waals surface area contributed by atoms with Crippen LogP contribution in [0.4, 0.5) is 10.1 Å². The van der Waals surface area contributed by atoms with Gasteiger partial charge in [0, 0.05) is 17.5 Å². The van der Waals surface area contributed by atoms with E-state index in [1.807, 2.05) is 42.6 Å². The largest absolute Gasteiger partial charge is 0.324 e. The molecule has 0 aliphatic rings. The van der Waals surface area contributed by atoms with Gasteiger partial charge in [-0.15, -0.1) is 11.3 Å². The maximum atomic E-state index is 13.2. The fourth-order valence-corrected chi connectivity index (χ4v) is 5.13. The van der Waals surface area contributed by atoms with E-state index in [1.165, 1.54) is 35.2 Å². The van der Waals surface area contributed by atoms with Crippen molar-refractivity contribution < 1.29 is 9.18 Å². The first kappa shape index (κ1) is 21.5. The Kier molecular flexibility index (Phi) is 6.41. The minimum Gasteiger partial charge on any atom is -0.324 e. The Labute approximate surface area is 190 Å². The standard InChI is InChI=1S/C22H17ClFN3O2S2/c1-2-27-21(29)20-19(15(11-30-20)13-6-4-3-5-7-13)26-22(27)31-12-18(28)25-17-9-8-14(24)10-16(17)23/h3-11H,2,12H2,1H3,(H,25,28). The first-order valence-electron chi connectivity index (χ1n) is 9.43. The van der Waals surface area contributed by atoms with Crippen LogP contribution < -0.4 is 10.9 Å². The summed E-state index contributed by atoms with van der Waals surface area (Å²) in [5.41, 5.74) is 2.72. The second-order valence-corrected chi connectivity index (χ2v) is 8.83. The van der Waals surface area contributed by atoms with Gasteiger partial charge >= 0.3 is 0 Å². The fourth-order valence-electron chi connectivity index (χ4n) is 3.10. The molecule has 158 valence electrons. The van der Waals surface area contributed by atoms with E-state index in [2.05, 4.69) is 5.32 Å². The number of thiophene rings is 1. The Morgan fingerprint density at radius 1 is 1.26 bits per heavy atom. The molecule has 4 aromatic rings. The molecule has 1 N–H and O–H groups in total. The number of halogens is 2. The van der Waals surface area contributed by atoms with Gasteiger partial charge in [0.15, 0.2) is 5.16 Å². The van der Waals surface area contributed by atoms with Gasteiger partial charge in [-0.05, 0) is 30.7 Å². The highest BCUT2D eigenvalue weighted by atomic mass is 35.5. The predicted molar refractivity (Wildman–Crippen MR) is 126 cm³/mol. The molecule has 0 spiro atoms. The highest BCUT2D eigenvalue weighted by molar-refractivity contribution is 7.99. The predicted octanol–water partition coefficient (Wildman–Crippen LogP) is 5.67. The second-order valence-electron chi connectivity index (χ2n) is 6.60. The Morgan fingerprint density at radius 2 is 2.03 bits per heavy atom. The molecule has 0 saturated heterocycles. The second kappa shape index (κ2) is 9.21. The van der Waals surface area contributed by atoms with Gasteiger partial charge in [-0.3, -0.25) is 14.2 Å². The van der Waals surface area contributed by atoms with E-state index in [4.69, 9.17) is 16.6 Å². The quantitative estimate of drug-likeness (QED) is 0.289. The molecule has 0 aliphatic heterocycles. The molecule has 0 atom stereocenters. The zero-order valence-corrected chi connectivity index (χ0v) is 18.8. The summed E-state index contributed by atoms with van der Waals surface area (Å²) in [6, 6.07) is 13.5. The first-order chi connectivity index (χ1) is 15.0. The number of thioether (sulfide) groups is 1. The number of amides is 1. The van der Waals surface area contributed by atoms with Crippen LogP contribution in [0.5, 0.6) is 0 Å². The van der Waals surface area contributed by atoms with Crippen LogP contribution in [0.1, 0.15) is 6.92 Å². The van der Waals surface area contributed by atoms with Crippen molar-refractivity contribution in [1.82, 2.24) is 9.55 Å². The zero-order chi connectivity index (χ0) is 22.0. The number of nitrogens with one attached hydrogen (secondary N) is 1. The van der Waals surface area contributed by atoms with Crippen molar-refractivity contribution in [3.63, 3.8) is 0 Å². The molecule has 0 saturated carbocycles. The van der Waals surface area contributed by atoms with E-state index < -0.39 is 5.82 Å². The van der Waals surface area contributed by atoms with Gasteiger partial charge in [0.2, 0.25) is 5.91 Å². The van der Waals surface area contributed by atoms with Crippen molar-refractivity contribution in [2.45, 2.75) is 18.6 Å². The molecule has 4 rings (SSSR count). The molecule has 1 amide bonds.